The highest BCUT2D eigenvalue weighted by Gasteiger charge is 2.32. The van der Waals surface area contributed by atoms with Gasteiger partial charge in [-0.05, 0) is 49.1 Å². The van der Waals surface area contributed by atoms with Gasteiger partial charge in [0.1, 0.15) is 5.75 Å². The highest BCUT2D eigenvalue weighted by Crippen LogP contribution is 2.35. The summed E-state index contributed by atoms with van der Waals surface area (Å²) < 4.78 is 33.2. The Kier molecular flexibility index (Phi) is 5.02. The number of nitrogens with one attached hydrogen (secondary N) is 1. The van der Waals surface area contributed by atoms with Gasteiger partial charge in [-0.3, -0.25) is 9.52 Å². The molecule has 0 spiro atoms. The number of benzene rings is 2. The fourth-order valence-electron chi connectivity index (χ4n) is 4.05. The molecule has 0 unspecified atom stereocenters. The van der Waals surface area contributed by atoms with E-state index in [4.69, 9.17) is 4.74 Å². The van der Waals surface area contributed by atoms with Crippen LogP contribution in [0.5, 0.6) is 5.75 Å². The van der Waals surface area contributed by atoms with Gasteiger partial charge in [0.2, 0.25) is 5.91 Å². The summed E-state index contributed by atoms with van der Waals surface area (Å²) in [6.07, 6.45) is 4.92. The maximum atomic E-state index is 12.9. The third-order valence-electron chi connectivity index (χ3n) is 5.56. The Morgan fingerprint density at radius 3 is 2.68 bits per heavy atom. The van der Waals surface area contributed by atoms with Crippen LogP contribution in [0.4, 0.5) is 11.4 Å². The summed E-state index contributed by atoms with van der Waals surface area (Å²) in [6.45, 7) is 0.663. The second-order valence-electron chi connectivity index (χ2n) is 7.35. The Labute approximate surface area is 165 Å². The smallest absolute Gasteiger partial charge is 0.262 e. The van der Waals surface area contributed by atoms with Crippen LogP contribution in [0.15, 0.2) is 47.4 Å². The van der Waals surface area contributed by atoms with Gasteiger partial charge in [0, 0.05) is 24.2 Å². The number of fused-ring (bicyclic) bond motifs is 1. The van der Waals surface area contributed by atoms with Gasteiger partial charge in [0.05, 0.1) is 17.7 Å². The second-order valence-corrected chi connectivity index (χ2v) is 9.03. The van der Waals surface area contributed by atoms with Crippen molar-refractivity contribution >= 4 is 27.3 Å². The average Bonchev–Trinajstić information content (AvgIpc) is 3.37. The molecule has 2 aliphatic rings. The van der Waals surface area contributed by atoms with Crippen molar-refractivity contribution in [3.05, 3.63) is 48.0 Å². The number of carbonyl (C=O) groups excluding carboxylic acids is 1. The first-order valence-corrected chi connectivity index (χ1v) is 11.1. The molecule has 4 rings (SSSR count). The molecule has 1 fully saturated rings. The van der Waals surface area contributed by atoms with E-state index in [1.165, 1.54) is 19.2 Å². The Morgan fingerprint density at radius 2 is 1.93 bits per heavy atom. The van der Waals surface area contributed by atoms with E-state index in [0.717, 1.165) is 43.4 Å². The third kappa shape index (κ3) is 3.58. The number of anilines is 2. The van der Waals surface area contributed by atoms with E-state index in [-0.39, 0.29) is 16.7 Å². The summed E-state index contributed by atoms with van der Waals surface area (Å²) >= 11 is 0. The van der Waals surface area contributed by atoms with E-state index < -0.39 is 10.0 Å². The normalized spacial score (nSPS) is 16.8. The first-order chi connectivity index (χ1) is 13.5. The van der Waals surface area contributed by atoms with E-state index in [9.17, 15) is 13.2 Å². The van der Waals surface area contributed by atoms with Crippen LogP contribution in [-0.2, 0) is 21.2 Å². The second kappa shape index (κ2) is 7.47. The molecular weight excluding hydrogens is 376 g/mol. The predicted octanol–water partition coefficient (Wildman–Crippen LogP) is 3.58. The van der Waals surface area contributed by atoms with E-state index in [1.807, 2.05) is 11.0 Å². The molecule has 1 aliphatic heterocycles. The molecule has 0 atom stereocenters. The van der Waals surface area contributed by atoms with Crippen LogP contribution in [0.25, 0.3) is 0 Å². The third-order valence-corrected chi connectivity index (χ3v) is 6.93. The van der Waals surface area contributed by atoms with Crippen LogP contribution < -0.4 is 14.4 Å². The average molecular weight is 401 g/mol. The number of amides is 1. The van der Waals surface area contributed by atoms with Crippen molar-refractivity contribution in [3.8, 4) is 5.75 Å². The molecule has 1 aliphatic carbocycles. The number of nitrogens with zero attached hydrogens (tertiary/aromatic N) is 1. The zero-order valence-corrected chi connectivity index (χ0v) is 16.7. The lowest BCUT2D eigenvalue weighted by Crippen LogP contribution is -2.33. The van der Waals surface area contributed by atoms with Gasteiger partial charge in [-0.15, -0.1) is 0 Å². The van der Waals surface area contributed by atoms with Crippen LogP contribution in [0.3, 0.4) is 0 Å². The molecule has 1 saturated carbocycles. The van der Waals surface area contributed by atoms with Crippen LogP contribution in [-0.4, -0.2) is 28.0 Å². The van der Waals surface area contributed by atoms with Crippen molar-refractivity contribution in [2.45, 2.75) is 37.0 Å². The van der Waals surface area contributed by atoms with Crippen LogP contribution in [0.2, 0.25) is 0 Å². The first kappa shape index (κ1) is 18.8. The summed E-state index contributed by atoms with van der Waals surface area (Å²) in [5.41, 5.74) is 2.35. The number of hydrogen-bond acceptors (Lipinski definition) is 4. The zero-order valence-electron chi connectivity index (χ0n) is 15.8. The molecule has 1 amide bonds. The van der Waals surface area contributed by atoms with Crippen LogP contribution >= 0.6 is 0 Å². The van der Waals surface area contributed by atoms with Gasteiger partial charge < -0.3 is 9.64 Å². The molecule has 2 aromatic rings. The minimum atomic E-state index is -3.75. The SMILES string of the molecule is COc1cccc(S(=O)(=O)Nc2ccc3c(c2)N(C(=O)C2CCCC2)CC3)c1. The fraction of sp³-hybridized carbons (Fsp3) is 0.381. The summed E-state index contributed by atoms with van der Waals surface area (Å²) in [7, 11) is -2.25. The first-order valence-electron chi connectivity index (χ1n) is 9.59. The van der Waals surface area contributed by atoms with Gasteiger partial charge >= 0.3 is 0 Å². The highest BCUT2D eigenvalue weighted by molar-refractivity contribution is 7.92. The number of ether oxygens (including phenoxy) is 1. The number of rotatable bonds is 5. The topological polar surface area (TPSA) is 75.7 Å². The van der Waals surface area contributed by atoms with Crippen molar-refractivity contribution in [3.63, 3.8) is 0 Å². The van der Waals surface area contributed by atoms with Crippen molar-refractivity contribution in [2.75, 3.05) is 23.3 Å². The molecule has 28 heavy (non-hydrogen) atoms. The van der Waals surface area contributed by atoms with Crippen molar-refractivity contribution < 1.29 is 17.9 Å². The standard InChI is InChI=1S/C21H24N2O4S/c1-27-18-7-4-8-19(14-18)28(25,26)22-17-10-9-15-11-12-23(20(15)13-17)21(24)16-5-2-3-6-16/h4,7-10,13-14,16,22H,2-3,5-6,11-12H2,1H3. The van der Waals surface area contributed by atoms with E-state index in [1.54, 1.807) is 24.3 Å². The molecule has 1 N–H and O–H groups in total. The quantitative estimate of drug-likeness (QED) is 0.832. The lowest BCUT2D eigenvalue weighted by molar-refractivity contribution is -0.122. The van der Waals surface area contributed by atoms with Gasteiger partial charge in [-0.25, -0.2) is 8.42 Å². The maximum absolute atomic E-state index is 12.9. The lowest BCUT2D eigenvalue weighted by atomic mass is 10.1. The van der Waals surface area contributed by atoms with Gasteiger partial charge in [0.25, 0.3) is 10.0 Å². The van der Waals surface area contributed by atoms with Gasteiger partial charge in [-0.2, -0.15) is 0 Å². The van der Waals surface area contributed by atoms with Gasteiger partial charge in [0.15, 0.2) is 0 Å². The fourth-order valence-corrected chi connectivity index (χ4v) is 5.13. The van der Waals surface area contributed by atoms with Gasteiger partial charge in [-0.1, -0.05) is 25.0 Å². The highest BCUT2D eigenvalue weighted by atomic mass is 32.2. The predicted molar refractivity (Wildman–Crippen MR) is 108 cm³/mol. The van der Waals surface area contributed by atoms with Crippen LogP contribution in [0, 0.1) is 5.92 Å². The van der Waals surface area contributed by atoms with Crippen molar-refractivity contribution in [1.82, 2.24) is 0 Å². The number of hydrogen-bond donors (Lipinski definition) is 1. The largest absolute Gasteiger partial charge is 0.497 e. The minimum absolute atomic E-state index is 0.100. The molecule has 0 bridgehead atoms. The zero-order chi connectivity index (χ0) is 19.7. The molecule has 2 aromatic carbocycles. The maximum Gasteiger partial charge on any atom is 0.262 e. The summed E-state index contributed by atoms with van der Waals surface area (Å²) in [6, 6.07) is 11.8. The summed E-state index contributed by atoms with van der Waals surface area (Å²) in [5.74, 6) is 0.747. The number of methoxy groups -OCH3 is 1. The molecule has 0 saturated heterocycles. The minimum Gasteiger partial charge on any atom is -0.497 e. The molecular formula is C21H24N2O4S. The molecule has 6 nitrogen and oxygen atoms in total. The van der Waals surface area contributed by atoms with Crippen molar-refractivity contribution in [2.24, 2.45) is 5.92 Å². The number of sulfonamides is 1. The van der Waals surface area contributed by atoms with E-state index >= 15 is 0 Å². The molecule has 0 radical (unpaired) electrons. The molecule has 148 valence electrons. The Morgan fingerprint density at radius 1 is 1.14 bits per heavy atom. The molecule has 0 aromatic heterocycles. The van der Waals surface area contributed by atoms with E-state index in [2.05, 4.69) is 4.72 Å². The Bertz CT molecular complexity index is 997. The summed E-state index contributed by atoms with van der Waals surface area (Å²) in [4.78, 5) is 14.8. The molecule has 1 heterocycles. The summed E-state index contributed by atoms with van der Waals surface area (Å²) in [5, 5.41) is 0. The monoisotopic (exact) mass is 400 g/mol. The van der Waals surface area contributed by atoms with Crippen LogP contribution in [0.1, 0.15) is 31.2 Å². The molecule has 7 heteroatoms. The Balaban J connectivity index is 1.58. The van der Waals surface area contributed by atoms with Crippen molar-refractivity contribution in [1.29, 1.82) is 0 Å². The Hall–Kier alpha value is -2.54. The lowest BCUT2D eigenvalue weighted by Gasteiger charge is -2.22. The van der Waals surface area contributed by atoms with E-state index in [0.29, 0.717) is 18.0 Å². The number of carbonyl (C=O) groups is 1.